The van der Waals surface area contributed by atoms with Gasteiger partial charge in [0, 0.05) is 9.13 Å². The summed E-state index contributed by atoms with van der Waals surface area (Å²) >= 11 is 2.06. The van der Waals surface area contributed by atoms with Crippen LogP contribution in [0, 0.1) is 9.39 Å². The van der Waals surface area contributed by atoms with Crippen molar-refractivity contribution in [3.63, 3.8) is 0 Å². The van der Waals surface area contributed by atoms with Crippen molar-refractivity contribution in [3.8, 4) is 11.3 Å². The maximum absolute atomic E-state index is 13.0. The van der Waals surface area contributed by atoms with Crippen LogP contribution in [-0.4, -0.2) is 5.78 Å². The Hall–Kier alpha value is -1.17. The summed E-state index contributed by atoms with van der Waals surface area (Å²) < 4.78 is 19.3. The Bertz CT molecular complexity index is 560. The third-order valence-electron chi connectivity index (χ3n) is 2.28. The van der Waals surface area contributed by atoms with Crippen molar-refractivity contribution >= 4 is 28.4 Å². The highest BCUT2D eigenvalue weighted by molar-refractivity contribution is 14.1. The van der Waals surface area contributed by atoms with E-state index in [1.165, 1.54) is 19.1 Å². The van der Waals surface area contributed by atoms with Crippen molar-refractivity contribution in [2.45, 2.75) is 13.3 Å². The lowest BCUT2D eigenvalue weighted by Gasteiger charge is -2.01. The highest BCUT2D eigenvalue weighted by Crippen LogP contribution is 2.27. The van der Waals surface area contributed by atoms with Gasteiger partial charge in [-0.05, 0) is 59.8 Å². The van der Waals surface area contributed by atoms with Crippen LogP contribution in [0.15, 0.2) is 34.7 Å². The van der Waals surface area contributed by atoms with E-state index in [-0.39, 0.29) is 18.0 Å². The van der Waals surface area contributed by atoms with E-state index in [1.54, 1.807) is 18.2 Å². The summed E-state index contributed by atoms with van der Waals surface area (Å²) in [6, 6.07) is 8.09. The Morgan fingerprint density at radius 3 is 2.76 bits per heavy atom. The van der Waals surface area contributed by atoms with E-state index in [4.69, 9.17) is 4.42 Å². The van der Waals surface area contributed by atoms with Crippen LogP contribution in [0.5, 0.6) is 0 Å². The van der Waals surface area contributed by atoms with E-state index in [0.29, 0.717) is 11.5 Å². The molecule has 0 atom stereocenters. The molecule has 0 spiro atoms. The molecule has 4 heteroatoms. The summed E-state index contributed by atoms with van der Waals surface area (Å²) in [6.45, 7) is 1.52. The largest absolute Gasteiger partial charge is 0.461 e. The normalized spacial score (nSPS) is 10.5. The summed E-state index contributed by atoms with van der Waals surface area (Å²) in [7, 11) is 0. The third kappa shape index (κ3) is 2.94. The molecule has 1 heterocycles. The number of halogens is 2. The first-order valence-corrected chi connectivity index (χ1v) is 6.17. The fourth-order valence-corrected chi connectivity index (χ4v) is 2.30. The summed E-state index contributed by atoms with van der Waals surface area (Å²) in [5.41, 5.74) is 0.835. The molecule has 0 aliphatic carbocycles. The second-order valence-electron chi connectivity index (χ2n) is 3.77. The zero-order valence-electron chi connectivity index (χ0n) is 9.17. The lowest BCUT2D eigenvalue weighted by atomic mass is 10.2. The van der Waals surface area contributed by atoms with Gasteiger partial charge in [-0.25, -0.2) is 4.39 Å². The van der Waals surface area contributed by atoms with Crippen LogP contribution in [0.2, 0.25) is 0 Å². The Kier molecular flexibility index (Phi) is 3.61. The van der Waals surface area contributed by atoms with Crippen molar-refractivity contribution in [3.05, 3.63) is 45.5 Å². The number of carbonyl (C=O) groups is 1. The van der Waals surface area contributed by atoms with Gasteiger partial charge in [-0.1, -0.05) is 0 Å². The molecule has 0 aliphatic rings. The zero-order chi connectivity index (χ0) is 12.4. The molecule has 0 saturated heterocycles. The molecule has 17 heavy (non-hydrogen) atoms. The molecule has 88 valence electrons. The highest BCUT2D eigenvalue weighted by atomic mass is 127. The first-order valence-electron chi connectivity index (χ1n) is 5.10. The molecule has 0 aliphatic heterocycles. The molecule has 0 unspecified atom stereocenters. The predicted molar refractivity (Wildman–Crippen MR) is 71.2 cm³/mol. The van der Waals surface area contributed by atoms with Gasteiger partial charge < -0.3 is 4.42 Å². The SMILES string of the molecule is CC(=O)Cc1ccc(-c2ccc(F)cc2I)o1. The van der Waals surface area contributed by atoms with Crippen LogP contribution in [0.3, 0.4) is 0 Å². The summed E-state index contributed by atoms with van der Waals surface area (Å²) in [5.74, 6) is 1.08. The van der Waals surface area contributed by atoms with Crippen LogP contribution in [0.4, 0.5) is 4.39 Å². The molecule has 0 amide bonds. The third-order valence-corrected chi connectivity index (χ3v) is 3.17. The first kappa shape index (κ1) is 12.3. The van der Waals surface area contributed by atoms with Gasteiger partial charge >= 0.3 is 0 Å². The molecule has 1 aromatic carbocycles. The molecule has 0 N–H and O–H groups in total. The number of hydrogen-bond donors (Lipinski definition) is 0. The summed E-state index contributed by atoms with van der Waals surface area (Å²) in [4.78, 5) is 11.0. The predicted octanol–water partition coefficient (Wildman–Crippen LogP) is 3.82. The van der Waals surface area contributed by atoms with Crippen LogP contribution < -0.4 is 0 Å². The molecular formula is C13H10FIO2. The molecule has 2 nitrogen and oxygen atoms in total. The Labute approximate surface area is 112 Å². The van der Waals surface area contributed by atoms with Crippen LogP contribution in [0.25, 0.3) is 11.3 Å². The van der Waals surface area contributed by atoms with E-state index in [0.717, 1.165) is 9.13 Å². The second-order valence-corrected chi connectivity index (χ2v) is 4.93. The number of benzene rings is 1. The maximum atomic E-state index is 13.0. The van der Waals surface area contributed by atoms with Gasteiger partial charge in [-0.3, -0.25) is 4.79 Å². The zero-order valence-corrected chi connectivity index (χ0v) is 11.3. The Morgan fingerprint density at radius 1 is 1.35 bits per heavy atom. The van der Waals surface area contributed by atoms with Crippen molar-refractivity contribution < 1.29 is 13.6 Å². The van der Waals surface area contributed by atoms with Crippen molar-refractivity contribution in [1.29, 1.82) is 0 Å². The lowest BCUT2D eigenvalue weighted by Crippen LogP contribution is -1.93. The van der Waals surface area contributed by atoms with E-state index in [1.807, 2.05) is 0 Å². The quantitative estimate of drug-likeness (QED) is 0.793. The van der Waals surface area contributed by atoms with Crippen LogP contribution in [-0.2, 0) is 11.2 Å². The summed E-state index contributed by atoms with van der Waals surface area (Å²) in [5, 5.41) is 0. The number of rotatable bonds is 3. The standard InChI is InChI=1S/C13H10FIO2/c1-8(16)6-10-3-5-13(17-10)11-4-2-9(14)7-12(11)15/h2-5,7H,6H2,1H3. The monoisotopic (exact) mass is 344 g/mol. The van der Waals surface area contributed by atoms with Gasteiger partial charge in [0.25, 0.3) is 0 Å². The van der Waals surface area contributed by atoms with Crippen molar-refractivity contribution in [2.75, 3.05) is 0 Å². The average molecular weight is 344 g/mol. The van der Waals surface area contributed by atoms with Gasteiger partial charge in [-0.15, -0.1) is 0 Å². The van der Waals surface area contributed by atoms with E-state index >= 15 is 0 Å². The maximum Gasteiger partial charge on any atom is 0.137 e. The Balaban J connectivity index is 2.33. The highest BCUT2D eigenvalue weighted by Gasteiger charge is 2.10. The minimum atomic E-state index is -0.270. The molecule has 0 radical (unpaired) electrons. The average Bonchev–Trinajstić information content (AvgIpc) is 2.65. The molecule has 0 fully saturated rings. The fraction of sp³-hybridized carbons (Fsp3) is 0.154. The molecule has 2 rings (SSSR count). The van der Waals surface area contributed by atoms with Gasteiger partial charge in [0.1, 0.15) is 23.1 Å². The molecular weight excluding hydrogens is 334 g/mol. The van der Waals surface area contributed by atoms with E-state index in [9.17, 15) is 9.18 Å². The van der Waals surface area contributed by atoms with Crippen LogP contribution in [0.1, 0.15) is 12.7 Å². The summed E-state index contributed by atoms with van der Waals surface area (Å²) in [6.07, 6.45) is 0.289. The van der Waals surface area contributed by atoms with E-state index < -0.39 is 0 Å². The number of Topliss-reactive ketones (excluding diaryl/α,β-unsaturated/α-hetero) is 1. The number of carbonyl (C=O) groups excluding carboxylic acids is 1. The second kappa shape index (κ2) is 5.00. The smallest absolute Gasteiger partial charge is 0.137 e. The van der Waals surface area contributed by atoms with Crippen molar-refractivity contribution in [1.82, 2.24) is 0 Å². The minimum absolute atomic E-state index is 0.0553. The molecule has 0 saturated carbocycles. The number of hydrogen-bond acceptors (Lipinski definition) is 2. The molecule has 2 aromatic rings. The lowest BCUT2D eigenvalue weighted by molar-refractivity contribution is -0.116. The molecule has 1 aromatic heterocycles. The van der Waals surface area contributed by atoms with Gasteiger partial charge in [-0.2, -0.15) is 0 Å². The van der Waals surface area contributed by atoms with Gasteiger partial charge in [0.15, 0.2) is 0 Å². The minimum Gasteiger partial charge on any atom is -0.461 e. The number of ketones is 1. The van der Waals surface area contributed by atoms with E-state index in [2.05, 4.69) is 22.6 Å². The topological polar surface area (TPSA) is 30.2 Å². The van der Waals surface area contributed by atoms with Gasteiger partial charge in [0.2, 0.25) is 0 Å². The molecule has 0 bridgehead atoms. The Morgan fingerprint density at radius 2 is 2.12 bits per heavy atom. The fourth-order valence-electron chi connectivity index (χ4n) is 1.55. The number of furan rings is 1. The van der Waals surface area contributed by atoms with Gasteiger partial charge in [0.05, 0.1) is 6.42 Å². The first-order chi connectivity index (χ1) is 8.06. The van der Waals surface area contributed by atoms with Crippen LogP contribution >= 0.6 is 22.6 Å². The van der Waals surface area contributed by atoms with Crippen molar-refractivity contribution in [2.24, 2.45) is 0 Å².